The Morgan fingerprint density at radius 3 is 2.41 bits per heavy atom. The van der Waals surface area contributed by atoms with Gasteiger partial charge in [-0.05, 0) is 51.3 Å². The molecule has 0 radical (unpaired) electrons. The largest absolute Gasteiger partial charge is 0.493 e. The summed E-state index contributed by atoms with van der Waals surface area (Å²) in [5, 5.41) is 0. The first kappa shape index (κ1) is 16.5. The van der Waals surface area contributed by atoms with Crippen molar-refractivity contribution in [3.05, 3.63) is 23.8 Å². The molecule has 0 saturated carbocycles. The molecule has 1 aliphatic heterocycles. The highest BCUT2D eigenvalue weighted by Crippen LogP contribution is 2.31. The number of carbonyl (C=O) groups is 1. The first-order chi connectivity index (χ1) is 10.4. The molecule has 0 N–H and O–H groups in total. The molecular formula is C16H21F2NO3. The van der Waals surface area contributed by atoms with Crippen LogP contribution in [0.2, 0.25) is 0 Å². The van der Waals surface area contributed by atoms with Gasteiger partial charge in [0.05, 0.1) is 7.11 Å². The molecule has 1 saturated heterocycles. The zero-order valence-electron chi connectivity index (χ0n) is 13.0. The highest BCUT2D eigenvalue weighted by Gasteiger charge is 2.30. The van der Waals surface area contributed by atoms with Crippen LogP contribution in [0.3, 0.4) is 0 Å². The van der Waals surface area contributed by atoms with Crippen LogP contribution in [0, 0.1) is 0 Å². The third kappa shape index (κ3) is 3.48. The molecule has 2 atom stereocenters. The number of ether oxygens (including phenoxy) is 2. The normalized spacial score (nSPS) is 21.8. The third-order valence-corrected chi connectivity index (χ3v) is 4.05. The summed E-state index contributed by atoms with van der Waals surface area (Å²) >= 11 is 0. The van der Waals surface area contributed by atoms with E-state index in [1.54, 1.807) is 0 Å². The molecular weight excluding hydrogens is 292 g/mol. The number of alkyl halides is 2. The summed E-state index contributed by atoms with van der Waals surface area (Å²) in [6, 6.07) is 4.63. The van der Waals surface area contributed by atoms with Gasteiger partial charge in [-0.1, -0.05) is 0 Å². The Hall–Kier alpha value is -1.85. The fourth-order valence-corrected chi connectivity index (χ4v) is 2.96. The molecule has 122 valence electrons. The Morgan fingerprint density at radius 1 is 1.23 bits per heavy atom. The minimum atomic E-state index is -2.93. The van der Waals surface area contributed by atoms with E-state index in [2.05, 4.69) is 4.74 Å². The fraction of sp³-hybridized carbons (Fsp3) is 0.562. The number of piperidine rings is 1. The minimum Gasteiger partial charge on any atom is -0.493 e. The number of likely N-dealkylation sites (tertiary alicyclic amines) is 1. The van der Waals surface area contributed by atoms with Crippen LogP contribution in [0.4, 0.5) is 8.78 Å². The molecule has 4 nitrogen and oxygen atoms in total. The van der Waals surface area contributed by atoms with E-state index >= 15 is 0 Å². The average molecular weight is 313 g/mol. The second kappa shape index (κ2) is 6.94. The summed E-state index contributed by atoms with van der Waals surface area (Å²) in [5.74, 6) is -0.0566. The Bertz CT molecular complexity index is 526. The van der Waals surface area contributed by atoms with Gasteiger partial charge in [-0.3, -0.25) is 4.79 Å². The van der Waals surface area contributed by atoms with E-state index in [0.717, 1.165) is 19.3 Å². The molecule has 0 spiro atoms. The first-order valence-corrected chi connectivity index (χ1v) is 7.39. The molecule has 1 fully saturated rings. The molecule has 1 heterocycles. The molecule has 2 rings (SSSR count). The maximum Gasteiger partial charge on any atom is 0.387 e. The predicted molar refractivity (Wildman–Crippen MR) is 78.6 cm³/mol. The second-order valence-corrected chi connectivity index (χ2v) is 5.59. The van der Waals surface area contributed by atoms with Crippen molar-refractivity contribution >= 4 is 5.91 Å². The lowest BCUT2D eigenvalue weighted by atomic mass is 9.96. The number of nitrogens with zero attached hydrogens (tertiary/aromatic N) is 1. The SMILES string of the molecule is COc1cc(C(=O)N2[C@@H](C)CCC[C@@H]2C)ccc1OC(F)F. The molecule has 22 heavy (non-hydrogen) atoms. The molecule has 0 aliphatic carbocycles. The van der Waals surface area contributed by atoms with Crippen LogP contribution >= 0.6 is 0 Å². The van der Waals surface area contributed by atoms with Crippen molar-refractivity contribution in [1.82, 2.24) is 4.90 Å². The van der Waals surface area contributed by atoms with Crippen LogP contribution < -0.4 is 9.47 Å². The van der Waals surface area contributed by atoms with Crippen molar-refractivity contribution in [3.63, 3.8) is 0 Å². The summed E-state index contributed by atoms with van der Waals surface area (Å²) in [7, 11) is 1.36. The molecule has 1 amide bonds. The third-order valence-electron chi connectivity index (χ3n) is 4.05. The molecule has 1 aromatic carbocycles. The van der Waals surface area contributed by atoms with E-state index in [1.807, 2.05) is 18.7 Å². The number of rotatable bonds is 4. The molecule has 6 heteroatoms. The molecule has 1 aromatic rings. The topological polar surface area (TPSA) is 38.8 Å². The lowest BCUT2D eigenvalue weighted by Crippen LogP contribution is -2.47. The standard InChI is InChI=1S/C16H21F2NO3/c1-10-5-4-6-11(2)19(10)15(20)12-7-8-13(22-16(17)18)14(9-12)21-3/h7-11,16H,4-6H2,1-3H3/t10-,11-/m0/s1. The monoisotopic (exact) mass is 313 g/mol. The van der Waals surface area contributed by atoms with Gasteiger partial charge in [0.2, 0.25) is 0 Å². The van der Waals surface area contributed by atoms with Crippen LogP contribution in [0.25, 0.3) is 0 Å². The molecule has 0 bridgehead atoms. The molecule has 0 aromatic heterocycles. The van der Waals surface area contributed by atoms with Crippen molar-refractivity contribution in [2.75, 3.05) is 7.11 Å². The van der Waals surface area contributed by atoms with Gasteiger partial charge in [0.15, 0.2) is 11.5 Å². The zero-order valence-corrected chi connectivity index (χ0v) is 13.0. The summed E-state index contributed by atoms with van der Waals surface area (Å²) in [6.45, 7) is 1.12. The number of hydrogen-bond donors (Lipinski definition) is 0. The van der Waals surface area contributed by atoms with Gasteiger partial charge in [0, 0.05) is 17.6 Å². The van der Waals surface area contributed by atoms with E-state index in [0.29, 0.717) is 5.56 Å². The van der Waals surface area contributed by atoms with Crippen molar-refractivity contribution in [2.24, 2.45) is 0 Å². The number of halogens is 2. The highest BCUT2D eigenvalue weighted by atomic mass is 19.3. The Morgan fingerprint density at radius 2 is 1.86 bits per heavy atom. The van der Waals surface area contributed by atoms with Crippen molar-refractivity contribution in [1.29, 1.82) is 0 Å². The van der Waals surface area contributed by atoms with Crippen LogP contribution in [0.1, 0.15) is 43.5 Å². The molecule has 0 unspecified atom stereocenters. The fourth-order valence-electron chi connectivity index (χ4n) is 2.96. The second-order valence-electron chi connectivity index (χ2n) is 5.59. The lowest BCUT2D eigenvalue weighted by molar-refractivity contribution is -0.0512. The van der Waals surface area contributed by atoms with Gasteiger partial charge >= 0.3 is 6.61 Å². The van der Waals surface area contributed by atoms with Crippen LogP contribution in [-0.4, -0.2) is 36.6 Å². The van der Waals surface area contributed by atoms with Crippen LogP contribution in [-0.2, 0) is 0 Å². The summed E-state index contributed by atoms with van der Waals surface area (Å²) in [4.78, 5) is 14.6. The number of carbonyl (C=O) groups excluding carboxylic acids is 1. The number of hydrogen-bond acceptors (Lipinski definition) is 3. The maximum atomic E-state index is 12.7. The van der Waals surface area contributed by atoms with Crippen LogP contribution in [0.5, 0.6) is 11.5 Å². The van der Waals surface area contributed by atoms with E-state index in [-0.39, 0.29) is 29.5 Å². The van der Waals surface area contributed by atoms with E-state index in [1.165, 1.54) is 25.3 Å². The lowest BCUT2D eigenvalue weighted by Gasteiger charge is -2.39. The Labute approximate surface area is 129 Å². The van der Waals surface area contributed by atoms with Gasteiger partial charge in [0.1, 0.15) is 0 Å². The predicted octanol–water partition coefficient (Wildman–Crippen LogP) is 3.70. The van der Waals surface area contributed by atoms with Gasteiger partial charge in [-0.15, -0.1) is 0 Å². The van der Waals surface area contributed by atoms with Gasteiger partial charge in [0.25, 0.3) is 5.91 Å². The number of methoxy groups -OCH3 is 1. The summed E-state index contributed by atoms with van der Waals surface area (Å²) in [5.41, 5.74) is 0.416. The zero-order chi connectivity index (χ0) is 16.3. The molecule has 1 aliphatic rings. The van der Waals surface area contributed by atoms with E-state index in [4.69, 9.17) is 4.74 Å². The first-order valence-electron chi connectivity index (χ1n) is 7.39. The Balaban J connectivity index is 2.26. The van der Waals surface area contributed by atoms with Crippen LogP contribution in [0.15, 0.2) is 18.2 Å². The van der Waals surface area contributed by atoms with Gasteiger partial charge in [-0.25, -0.2) is 0 Å². The average Bonchev–Trinajstić information content (AvgIpc) is 2.46. The Kier molecular flexibility index (Phi) is 5.21. The van der Waals surface area contributed by atoms with Crippen molar-refractivity contribution < 1.29 is 23.0 Å². The number of benzene rings is 1. The highest BCUT2D eigenvalue weighted by molar-refractivity contribution is 5.95. The van der Waals surface area contributed by atoms with Crippen molar-refractivity contribution in [2.45, 2.75) is 51.8 Å². The van der Waals surface area contributed by atoms with Gasteiger partial charge < -0.3 is 14.4 Å². The van der Waals surface area contributed by atoms with Gasteiger partial charge in [-0.2, -0.15) is 8.78 Å². The smallest absolute Gasteiger partial charge is 0.387 e. The maximum absolute atomic E-state index is 12.7. The van der Waals surface area contributed by atoms with E-state index < -0.39 is 6.61 Å². The summed E-state index contributed by atoms with van der Waals surface area (Å²) in [6.07, 6.45) is 3.05. The minimum absolute atomic E-state index is 0.0752. The number of amides is 1. The summed E-state index contributed by atoms with van der Waals surface area (Å²) < 4.78 is 34.1. The van der Waals surface area contributed by atoms with Crippen molar-refractivity contribution in [3.8, 4) is 11.5 Å². The van der Waals surface area contributed by atoms with E-state index in [9.17, 15) is 13.6 Å². The quantitative estimate of drug-likeness (QED) is 0.851.